The van der Waals surface area contributed by atoms with Crippen molar-refractivity contribution in [2.24, 2.45) is 0 Å². The first kappa shape index (κ1) is 24.9. The molecule has 2 aliphatic rings. The Morgan fingerprint density at radius 3 is 2.24 bits per heavy atom. The van der Waals surface area contributed by atoms with Gasteiger partial charge in [-0.3, -0.25) is 0 Å². The fourth-order valence-electron chi connectivity index (χ4n) is 6.07. The number of nitrogens with zero attached hydrogens (tertiary/aromatic N) is 1. The van der Waals surface area contributed by atoms with Gasteiger partial charge in [0.15, 0.2) is 0 Å². The number of benzene rings is 5. The van der Waals surface area contributed by atoms with Crippen molar-refractivity contribution in [1.29, 1.82) is 0 Å². The molecule has 0 heterocycles. The highest BCUT2D eigenvalue weighted by atomic mass is 16.5. The molecule has 5 aromatic rings. The summed E-state index contributed by atoms with van der Waals surface area (Å²) in [5.74, 6) is 0.0385. The number of hydrogen-bond acceptors (Lipinski definition) is 3. The Balaban J connectivity index is 1.28. The molecule has 7 rings (SSSR count). The van der Waals surface area contributed by atoms with E-state index in [1.807, 2.05) is 24.3 Å². The SMILES string of the molecule is C=CC(=O)Oc1ccc(-c2ccc(N(c3ccc(C)cc3)C3C=Cc4ccc5cccc6c5c4C3=CC6)cc2)cc1. The van der Waals surface area contributed by atoms with Crippen LogP contribution in [0.4, 0.5) is 11.4 Å². The Bertz CT molecular complexity index is 1860. The van der Waals surface area contributed by atoms with E-state index in [1.165, 1.54) is 38.6 Å². The van der Waals surface area contributed by atoms with Gasteiger partial charge in [0.25, 0.3) is 0 Å². The highest BCUT2D eigenvalue weighted by Crippen LogP contribution is 2.44. The van der Waals surface area contributed by atoms with Gasteiger partial charge in [-0.1, -0.05) is 97.1 Å². The third-order valence-electron chi connectivity index (χ3n) is 8.08. The minimum Gasteiger partial charge on any atom is -0.423 e. The van der Waals surface area contributed by atoms with Crippen LogP contribution in [0, 0.1) is 6.92 Å². The third-order valence-corrected chi connectivity index (χ3v) is 8.08. The zero-order chi connectivity index (χ0) is 27.9. The molecule has 3 heteroatoms. The zero-order valence-electron chi connectivity index (χ0n) is 22.9. The Morgan fingerprint density at radius 1 is 0.854 bits per heavy atom. The number of anilines is 2. The van der Waals surface area contributed by atoms with Gasteiger partial charge < -0.3 is 9.64 Å². The number of allylic oxidation sites excluding steroid dienone is 1. The van der Waals surface area contributed by atoms with E-state index in [4.69, 9.17) is 4.74 Å². The monoisotopic (exact) mass is 531 g/mol. The number of aryl methyl sites for hydroxylation is 1. The van der Waals surface area contributed by atoms with Crippen LogP contribution in [0.15, 0.2) is 128 Å². The first-order valence-corrected chi connectivity index (χ1v) is 13.9. The van der Waals surface area contributed by atoms with Gasteiger partial charge in [0, 0.05) is 17.5 Å². The summed E-state index contributed by atoms with van der Waals surface area (Å²) < 4.78 is 5.23. The fraction of sp³-hybridized carbons (Fsp3) is 0.0789. The van der Waals surface area contributed by atoms with Gasteiger partial charge in [-0.25, -0.2) is 4.79 Å². The first-order chi connectivity index (χ1) is 20.1. The van der Waals surface area contributed by atoms with Gasteiger partial charge >= 0.3 is 5.97 Å². The Morgan fingerprint density at radius 2 is 1.54 bits per heavy atom. The van der Waals surface area contributed by atoms with E-state index in [2.05, 4.69) is 115 Å². The second-order valence-corrected chi connectivity index (χ2v) is 10.6. The van der Waals surface area contributed by atoms with Crippen LogP contribution in [-0.4, -0.2) is 12.0 Å². The Labute approximate surface area is 240 Å². The van der Waals surface area contributed by atoms with E-state index in [9.17, 15) is 4.79 Å². The molecule has 0 radical (unpaired) electrons. The van der Waals surface area contributed by atoms with Gasteiger partial charge in [-0.2, -0.15) is 0 Å². The summed E-state index contributed by atoms with van der Waals surface area (Å²) in [7, 11) is 0. The molecule has 1 unspecified atom stereocenters. The number of carbonyl (C=O) groups is 1. The molecule has 0 bridgehead atoms. The minimum atomic E-state index is -0.463. The quantitative estimate of drug-likeness (QED) is 0.124. The maximum Gasteiger partial charge on any atom is 0.335 e. The van der Waals surface area contributed by atoms with Crippen molar-refractivity contribution in [3.8, 4) is 16.9 Å². The van der Waals surface area contributed by atoms with Gasteiger partial charge in [0.2, 0.25) is 0 Å². The summed E-state index contributed by atoms with van der Waals surface area (Å²) in [5.41, 5.74) is 11.1. The molecule has 5 aromatic carbocycles. The van der Waals surface area contributed by atoms with Crippen LogP contribution < -0.4 is 9.64 Å². The molecule has 41 heavy (non-hydrogen) atoms. The van der Waals surface area contributed by atoms with E-state index >= 15 is 0 Å². The van der Waals surface area contributed by atoms with Crippen molar-refractivity contribution >= 4 is 39.8 Å². The fourth-order valence-corrected chi connectivity index (χ4v) is 6.07. The summed E-state index contributed by atoms with van der Waals surface area (Å²) in [6.45, 7) is 5.58. The molecule has 1 atom stereocenters. The lowest BCUT2D eigenvalue weighted by atomic mass is 9.79. The van der Waals surface area contributed by atoms with E-state index in [0.29, 0.717) is 5.75 Å². The second-order valence-electron chi connectivity index (χ2n) is 10.6. The lowest BCUT2D eigenvalue weighted by Gasteiger charge is -2.38. The molecule has 0 N–H and O–H groups in total. The Kier molecular flexibility index (Phi) is 6.13. The summed E-state index contributed by atoms with van der Waals surface area (Å²) >= 11 is 0. The van der Waals surface area contributed by atoms with Crippen molar-refractivity contribution in [3.63, 3.8) is 0 Å². The van der Waals surface area contributed by atoms with E-state index in [0.717, 1.165) is 35.0 Å². The predicted molar refractivity (Wildman–Crippen MR) is 169 cm³/mol. The number of rotatable bonds is 6. The summed E-state index contributed by atoms with van der Waals surface area (Å²) in [5, 5.41) is 2.69. The molecule has 0 aliphatic heterocycles. The first-order valence-electron chi connectivity index (χ1n) is 13.9. The normalized spacial score (nSPS) is 14.9. The maximum absolute atomic E-state index is 11.5. The number of ether oxygens (including phenoxy) is 1. The number of hydrogen-bond donors (Lipinski definition) is 0. The van der Waals surface area contributed by atoms with Crippen LogP contribution in [0.1, 0.15) is 22.3 Å². The molecule has 0 amide bonds. The molecule has 0 saturated carbocycles. The number of esters is 1. The van der Waals surface area contributed by atoms with Crippen molar-refractivity contribution in [1.82, 2.24) is 0 Å². The Hall–Kier alpha value is -5.15. The van der Waals surface area contributed by atoms with Gasteiger partial charge in [-0.15, -0.1) is 0 Å². The van der Waals surface area contributed by atoms with Crippen molar-refractivity contribution in [2.45, 2.75) is 19.4 Å². The van der Waals surface area contributed by atoms with Gasteiger partial charge in [0.1, 0.15) is 5.75 Å². The van der Waals surface area contributed by atoms with Gasteiger partial charge in [0.05, 0.1) is 6.04 Å². The molecular formula is C38H29NO2. The van der Waals surface area contributed by atoms with Crippen LogP contribution in [-0.2, 0) is 11.2 Å². The van der Waals surface area contributed by atoms with Crippen molar-refractivity contribution < 1.29 is 9.53 Å². The third kappa shape index (κ3) is 4.46. The number of carbonyl (C=O) groups excluding carboxylic acids is 1. The average Bonchev–Trinajstić information content (AvgIpc) is 3.02. The largest absolute Gasteiger partial charge is 0.423 e. The standard InChI is InChI=1S/C38H29NO2/c1-3-36(40)41-33-21-13-27(14-22-33)26-11-19-32(20-12-26)39(31-17-7-25(2)8-18-31)35-24-16-30-10-9-28-5-4-6-29-15-23-34(35)38(30)37(28)29/h3-14,16-24,35H,1,15H2,2H3. The molecule has 3 nitrogen and oxygen atoms in total. The molecule has 0 fully saturated rings. The average molecular weight is 532 g/mol. The summed E-state index contributed by atoms with van der Waals surface area (Å²) in [6.07, 6.45) is 9.15. The van der Waals surface area contributed by atoms with Crippen LogP contribution in [0.5, 0.6) is 5.75 Å². The van der Waals surface area contributed by atoms with Crippen LogP contribution in [0.25, 0.3) is 33.5 Å². The highest BCUT2D eigenvalue weighted by molar-refractivity contribution is 6.05. The van der Waals surface area contributed by atoms with Crippen molar-refractivity contribution in [2.75, 3.05) is 4.90 Å². The molecule has 0 saturated heterocycles. The summed E-state index contributed by atoms with van der Waals surface area (Å²) in [6, 6.07) is 36.3. The van der Waals surface area contributed by atoms with Gasteiger partial charge in [-0.05, 0) is 93.9 Å². The molecule has 0 spiro atoms. The van der Waals surface area contributed by atoms with Crippen LogP contribution in [0.2, 0.25) is 0 Å². The van der Waals surface area contributed by atoms with Crippen LogP contribution >= 0.6 is 0 Å². The molecule has 0 aromatic heterocycles. The zero-order valence-corrected chi connectivity index (χ0v) is 22.9. The van der Waals surface area contributed by atoms with Crippen LogP contribution in [0.3, 0.4) is 0 Å². The van der Waals surface area contributed by atoms with E-state index in [1.54, 1.807) is 0 Å². The topological polar surface area (TPSA) is 29.5 Å². The lowest BCUT2D eigenvalue weighted by Crippen LogP contribution is -2.33. The van der Waals surface area contributed by atoms with E-state index < -0.39 is 5.97 Å². The molecule has 2 aliphatic carbocycles. The summed E-state index contributed by atoms with van der Waals surface area (Å²) in [4.78, 5) is 14.0. The highest BCUT2D eigenvalue weighted by Gasteiger charge is 2.30. The smallest absolute Gasteiger partial charge is 0.335 e. The van der Waals surface area contributed by atoms with Crippen molar-refractivity contribution in [3.05, 3.63) is 150 Å². The predicted octanol–water partition coefficient (Wildman–Crippen LogP) is 9.08. The molecular weight excluding hydrogens is 502 g/mol. The molecule has 198 valence electrons. The van der Waals surface area contributed by atoms with E-state index in [-0.39, 0.29) is 6.04 Å². The maximum atomic E-state index is 11.5. The lowest BCUT2D eigenvalue weighted by molar-refractivity contribution is -0.128. The minimum absolute atomic E-state index is 0.0637. The second kappa shape index (κ2) is 10.1.